The first kappa shape index (κ1) is 15.5. The molecule has 0 bridgehead atoms. The van der Waals surface area contributed by atoms with Gasteiger partial charge < -0.3 is 0 Å². The number of rotatable bonds is 6. The summed E-state index contributed by atoms with van der Waals surface area (Å²) in [6, 6.07) is 9.86. The van der Waals surface area contributed by atoms with Crippen molar-refractivity contribution in [3.8, 4) is 0 Å². The molecule has 0 saturated carbocycles. The highest BCUT2D eigenvalue weighted by Gasteiger charge is 2.18. The van der Waals surface area contributed by atoms with Gasteiger partial charge in [0.1, 0.15) is 0 Å². The molecule has 4 nitrogen and oxygen atoms in total. The quantitative estimate of drug-likeness (QED) is 0.873. The van der Waals surface area contributed by atoms with Crippen LogP contribution >= 0.6 is 0 Å². The molecule has 2 rings (SSSR count). The van der Waals surface area contributed by atoms with Crippen molar-refractivity contribution in [3.63, 3.8) is 0 Å². The van der Waals surface area contributed by atoms with Gasteiger partial charge in [0.05, 0.1) is 5.75 Å². The summed E-state index contributed by atoms with van der Waals surface area (Å²) in [5.74, 6) is 0.0589. The van der Waals surface area contributed by atoms with Gasteiger partial charge in [-0.2, -0.15) is 0 Å². The van der Waals surface area contributed by atoms with Crippen molar-refractivity contribution in [1.82, 2.24) is 9.62 Å². The predicted octanol–water partition coefficient (Wildman–Crippen LogP) is 1.98. The third-order valence-corrected chi connectivity index (χ3v) is 5.22. The van der Waals surface area contributed by atoms with Crippen molar-refractivity contribution in [2.75, 3.05) is 19.6 Å². The highest BCUT2D eigenvalue weighted by atomic mass is 32.2. The van der Waals surface area contributed by atoms with E-state index in [0.717, 1.165) is 18.7 Å². The van der Waals surface area contributed by atoms with Crippen LogP contribution in [0.5, 0.6) is 0 Å². The van der Waals surface area contributed by atoms with Crippen LogP contribution in [0, 0.1) is 0 Å². The monoisotopic (exact) mass is 296 g/mol. The second-order valence-corrected chi connectivity index (χ2v) is 7.33. The molecule has 0 aromatic heterocycles. The third-order valence-electron chi connectivity index (χ3n) is 3.86. The molecule has 1 aromatic rings. The van der Waals surface area contributed by atoms with Crippen LogP contribution in [-0.4, -0.2) is 39.0 Å². The largest absolute Gasteiger partial charge is 0.299 e. The summed E-state index contributed by atoms with van der Waals surface area (Å²) >= 11 is 0. The zero-order valence-corrected chi connectivity index (χ0v) is 12.9. The second-order valence-electron chi connectivity index (χ2n) is 5.52. The highest BCUT2D eigenvalue weighted by Crippen LogP contribution is 2.15. The summed E-state index contributed by atoms with van der Waals surface area (Å²) in [6.07, 6.45) is 3.73. The Balaban J connectivity index is 1.78. The molecular weight excluding hydrogens is 272 g/mol. The first-order chi connectivity index (χ1) is 9.57. The molecular formula is C15H24N2O2S. The Kier molecular flexibility index (Phi) is 5.57. The van der Waals surface area contributed by atoms with Crippen LogP contribution in [0.2, 0.25) is 0 Å². The van der Waals surface area contributed by atoms with Crippen LogP contribution in [0.4, 0.5) is 0 Å². The first-order valence-electron chi connectivity index (χ1n) is 7.32. The van der Waals surface area contributed by atoms with Crippen LogP contribution in [-0.2, 0) is 15.8 Å². The van der Waals surface area contributed by atoms with E-state index >= 15 is 0 Å². The molecule has 0 aliphatic carbocycles. The van der Waals surface area contributed by atoms with Gasteiger partial charge in [0.15, 0.2) is 0 Å². The van der Waals surface area contributed by atoms with E-state index < -0.39 is 10.0 Å². The van der Waals surface area contributed by atoms with E-state index in [9.17, 15) is 8.42 Å². The normalized spacial score (nSPS) is 20.9. The lowest BCUT2D eigenvalue weighted by atomic mass is 10.0. The van der Waals surface area contributed by atoms with E-state index in [4.69, 9.17) is 0 Å². The van der Waals surface area contributed by atoms with Gasteiger partial charge in [-0.15, -0.1) is 0 Å². The topological polar surface area (TPSA) is 49.4 Å². The van der Waals surface area contributed by atoms with Gasteiger partial charge in [0.2, 0.25) is 10.0 Å². The van der Waals surface area contributed by atoms with Crippen molar-refractivity contribution in [2.24, 2.45) is 0 Å². The fraction of sp³-hybridized carbons (Fsp3) is 0.600. The van der Waals surface area contributed by atoms with Crippen LogP contribution in [0.25, 0.3) is 0 Å². The van der Waals surface area contributed by atoms with E-state index in [2.05, 4.69) is 16.5 Å². The van der Waals surface area contributed by atoms with Crippen molar-refractivity contribution >= 4 is 10.0 Å². The molecule has 0 amide bonds. The summed E-state index contributed by atoms with van der Waals surface area (Å²) < 4.78 is 26.7. The van der Waals surface area contributed by atoms with Gasteiger partial charge >= 0.3 is 0 Å². The number of likely N-dealkylation sites (tertiary alicyclic amines) is 1. The molecule has 20 heavy (non-hydrogen) atoms. The molecule has 0 unspecified atom stereocenters. The first-order valence-corrected chi connectivity index (χ1v) is 8.97. The average Bonchev–Trinajstić information content (AvgIpc) is 2.41. The zero-order valence-electron chi connectivity index (χ0n) is 12.1. The Morgan fingerprint density at radius 1 is 1.25 bits per heavy atom. The van der Waals surface area contributed by atoms with E-state index in [1.54, 1.807) is 0 Å². The molecule has 5 heteroatoms. The molecule has 1 aliphatic heterocycles. The van der Waals surface area contributed by atoms with Gasteiger partial charge in [-0.1, -0.05) is 36.8 Å². The summed E-state index contributed by atoms with van der Waals surface area (Å²) in [5, 5.41) is 0. The molecule has 0 spiro atoms. The smallest absolute Gasteiger partial charge is 0.215 e. The van der Waals surface area contributed by atoms with Crippen LogP contribution < -0.4 is 4.72 Å². The number of sulfonamides is 1. The highest BCUT2D eigenvalue weighted by molar-refractivity contribution is 7.88. The maximum Gasteiger partial charge on any atom is 0.215 e. The van der Waals surface area contributed by atoms with Gasteiger partial charge in [-0.25, -0.2) is 13.1 Å². The minimum atomic E-state index is -3.23. The number of piperidine rings is 1. The van der Waals surface area contributed by atoms with Crippen molar-refractivity contribution in [2.45, 2.75) is 38.0 Å². The van der Waals surface area contributed by atoms with Gasteiger partial charge in [0.25, 0.3) is 0 Å². The number of hydrogen-bond donors (Lipinski definition) is 1. The molecule has 1 saturated heterocycles. The van der Waals surface area contributed by atoms with E-state index in [1.165, 1.54) is 19.3 Å². The van der Waals surface area contributed by atoms with Crippen molar-refractivity contribution in [1.29, 1.82) is 0 Å². The molecule has 1 aliphatic rings. The number of nitrogens with zero attached hydrogens (tertiary/aromatic N) is 1. The van der Waals surface area contributed by atoms with Gasteiger partial charge in [-0.3, -0.25) is 4.90 Å². The Labute approximate surface area is 122 Å². The Hall–Kier alpha value is -0.910. The molecule has 1 atom stereocenters. The summed E-state index contributed by atoms with van der Waals surface area (Å²) in [6.45, 7) is 4.61. The number of hydrogen-bond acceptors (Lipinski definition) is 3. The van der Waals surface area contributed by atoms with E-state index in [1.807, 2.05) is 30.3 Å². The van der Waals surface area contributed by atoms with Crippen LogP contribution in [0.15, 0.2) is 30.3 Å². The third kappa shape index (κ3) is 4.89. The standard InChI is InChI=1S/C15H24N2O2S/c1-14-7-5-6-11-17(14)12-10-16-20(18,19)13-15-8-3-2-4-9-15/h2-4,8-9,14,16H,5-7,10-13H2,1H3/t14-/m0/s1. The fourth-order valence-corrected chi connectivity index (χ4v) is 3.81. The van der Waals surface area contributed by atoms with Gasteiger partial charge in [-0.05, 0) is 31.9 Å². The maximum absolute atomic E-state index is 12.0. The number of benzene rings is 1. The minimum Gasteiger partial charge on any atom is -0.299 e. The van der Waals surface area contributed by atoms with Crippen molar-refractivity contribution < 1.29 is 8.42 Å². The Bertz CT molecular complexity index is 502. The summed E-state index contributed by atoms with van der Waals surface area (Å²) in [4.78, 5) is 2.37. The lowest BCUT2D eigenvalue weighted by Crippen LogP contribution is -2.42. The molecule has 1 heterocycles. The lowest BCUT2D eigenvalue weighted by molar-refractivity contribution is 0.164. The van der Waals surface area contributed by atoms with E-state index in [0.29, 0.717) is 12.6 Å². The molecule has 1 aromatic carbocycles. The van der Waals surface area contributed by atoms with Crippen molar-refractivity contribution in [3.05, 3.63) is 35.9 Å². The molecule has 1 fully saturated rings. The second kappa shape index (κ2) is 7.20. The van der Waals surface area contributed by atoms with Crippen LogP contribution in [0.1, 0.15) is 31.7 Å². The zero-order chi connectivity index (χ0) is 14.4. The fourth-order valence-electron chi connectivity index (χ4n) is 2.68. The molecule has 112 valence electrons. The average molecular weight is 296 g/mol. The summed E-state index contributed by atoms with van der Waals surface area (Å²) in [5.41, 5.74) is 0.825. The summed E-state index contributed by atoms with van der Waals surface area (Å²) in [7, 11) is -3.23. The Morgan fingerprint density at radius 2 is 2.00 bits per heavy atom. The van der Waals surface area contributed by atoms with Crippen LogP contribution in [0.3, 0.4) is 0 Å². The Morgan fingerprint density at radius 3 is 2.70 bits per heavy atom. The number of nitrogens with one attached hydrogen (secondary N) is 1. The maximum atomic E-state index is 12.0. The van der Waals surface area contributed by atoms with E-state index in [-0.39, 0.29) is 5.75 Å². The predicted molar refractivity (Wildman–Crippen MR) is 82.0 cm³/mol. The molecule has 1 N–H and O–H groups in total. The SMILES string of the molecule is C[C@H]1CCCCN1CCNS(=O)(=O)Cc1ccccc1. The lowest BCUT2D eigenvalue weighted by Gasteiger charge is -2.33. The molecule has 0 radical (unpaired) electrons. The minimum absolute atomic E-state index is 0.0589. The van der Waals surface area contributed by atoms with Gasteiger partial charge in [0, 0.05) is 19.1 Å².